The molecule has 0 saturated carbocycles. The molecule has 22 heavy (non-hydrogen) atoms. The van der Waals surface area contributed by atoms with Crippen molar-refractivity contribution in [3.05, 3.63) is 30.6 Å². The fourth-order valence-electron chi connectivity index (χ4n) is 2.75. The molecule has 1 amide bonds. The van der Waals surface area contributed by atoms with Crippen LogP contribution in [0.25, 0.3) is 11.0 Å². The number of fused-ring (bicyclic) bond motifs is 1. The van der Waals surface area contributed by atoms with Crippen molar-refractivity contribution in [2.24, 2.45) is 0 Å². The van der Waals surface area contributed by atoms with Crippen LogP contribution in [0.15, 0.2) is 30.6 Å². The molecule has 1 aromatic carbocycles. The van der Waals surface area contributed by atoms with Gasteiger partial charge in [-0.15, -0.1) is 24.8 Å². The first kappa shape index (κ1) is 18.7. The molecule has 1 atom stereocenters. The van der Waals surface area contributed by atoms with Gasteiger partial charge in [0, 0.05) is 32.6 Å². The lowest BCUT2D eigenvalue weighted by molar-refractivity contribution is -0.131. The molecule has 7 heteroatoms. The summed E-state index contributed by atoms with van der Waals surface area (Å²) >= 11 is 0. The summed E-state index contributed by atoms with van der Waals surface area (Å²) in [5.74, 6) is 0.205. The molecule has 3 rings (SSSR count). The van der Waals surface area contributed by atoms with Crippen molar-refractivity contribution in [1.82, 2.24) is 19.8 Å². The second kappa shape index (κ2) is 8.36. The van der Waals surface area contributed by atoms with Crippen LogP contribution < -0.4 is 5.32 Å². The molecule has 1 fully saturated rings. The number of amides is 1. The molecule has 1 aliphatic heterocycles. The number of aryl methyl sites for hydroxylation is 1. The van der Waals surface area contributed by atoms with Crippen LogP contribution in [0, 0.1) is 0 Å². The normalized spacial score (nSPS) is 16.9. The van der Waals surface area contributed by atoms with Crippen LogP contribution >= 0.6 is 24.8 Å². The molecule has 1 unspecified atom stereocenters. The summed E-state index contributed by atoms with van der Waals surface area (Å²) in [4.78, 5) is 18.5. The largest absolute Gasteiger partial charge is 0.341 e. The number of nitrogens with zero attached hydrogens (tertiary/aromatic N) is 3. The predicted octanol–water partition coefficient (Wildman–Crippen LogP) is 2.09. The quantitative estimate of drug-likeness (QED) is 0.923. The van der Waals surface area contributed by atoms with Crippen LogP contribution in [0.5, 0.6) is 0 Å². The van der Waals surface area contributed by atoms with Gasteiger partial charge in [0.1, 0.15) is 0 Å². The summed E-state index contributed by atoms with van der Waals surface area (Å²) in [7, 11) is 1.91. The molecule has 1 N–H and O–H groups in total. The lowest BCUT2D eigenvalue weighted by Crippen LogP contribution is -2.38. The van der Waals surface area contributed by atoms with Gasteiger partial charge in [-0.1, -0.05) is 12.1 Å². The van der Waals surface area contributed by atoms with E-state index >= 15 is 0 Å². The Hall–Kier alpha value is -1.30. The van der Waals surface area contributed by atoms with Gasteiger partial charge in [-0.25, -0.2) is 4.98 Å². The Morgan fingerprint density at radius 2 is 2.18 bits per heavy atom. The number of likely N-dealkylation sites (N-methyl/N-ethyl adjacent to an activating group) is 1. The van der Waals surface area contributed by atoms with Crippen molar-refractivity contribution in [3.8, 4) is 0 Å². The van der Waals surface area contributed by atoms with Gasteiger partial charge in [-0.2, -0.15) is 0 Å². The zero-order chi connectivity index (χ0) is 13.9. The number of benzene rings is 1. The van der Waals surface area contributed by atoms with Gasteiger partial charge in [-0.05, 0) is 25.1 Å². The number of hydrogen-bond acceptors (Lipinski definition) is 3. The summed E-state index contributed by atoms with van der Waals surface area (Å²) in [6.45, 7) is 2.61. The van der Waals surface area contributed by atoms with Crippen molar-refractivity contribution in [3.63, 3.8) is 0 Å². The fourth-order valence-corrected chi connectivity index (χ4v) is 2.75. The molecular weight excluding hydrogens is 323 g/mol. The molecule has 0 bridgehead atoms. The smallest absolute Gasteiger partial charge is 0.224 e. The van der Waals surface area contributed by atoms with Crippen LogP contribution in [0.1, 0.15) is 12.8 Å². The van der Waals surface area contributed by atoms with Crippen LogP contribution in [0.3, 0.4) is 0 Å². The number of imidazole rings is 1. The first-order chi connectivity index (χ1) is 9.75. The van der Waals surface area contributed by atoms with E-state index in [1.807, 2.05) is 47.1 Å². The molecule has 0 radical (unpaired) electrons. The minimum absolute atomic E-state index is 0. The number of rotatable bonds is 4. The van der Waals surface area contributed by atoms with E-state index in [-0.39, 0.29) is 30.7 Å². The number of para-hydroxylation sites is 2. The van der Waals surface area contributed by atoms with Crippen LogP contribution in [-0.2, 0) is 11.3 Å². The van der Waals surface area contributed by atoms with Gasteiger partial charge in [0.25, 0.3) is 0 Å². The molecule has 1 saturated heterocycles. The van der Waals surface area contributed by atoms with E-state index in [9.17, 15) is 4.79 Å². The van der Waals surface area contributed by atoms with Crippen molar-refractivity contribution in [2.75, 3.05) is 20.1 Å². The second-order valence-corrected chi connectivity index (χ2v) is 5.33. The molecule has 5 nitrogen and oxygen atoms in total. The Morgan fingerprint density at radius 1 is 1.41 bits per heavy atom. The summed E-state index contributed by atoms with van der Waals surface area (Å²) in [6.07, 6.45) is 3.39. The Labute approximate surface area is 142 Å². The van der Waals surface area contributed by atoms with Crippen molar-refractivity contribution in [1.29, 1.82) is 0 Å². The Kier molecular flexibility index (Phi) is 7.13. The molecule has 122 valence electrons. The van der Waals surface area contributed by atoms with Gasteiger partial charge >= 0.3 is 0 Å². The van der Waals surface area contributed by atoms with E-state index < -0.39 is 0 Å². The van der Waals surface area contributed by atoms with E-state index in [0.29, 0.717) is 19.0 Å². The van der Waals surface area contributed by atoms with E-state index in [4.69, 9.17) is 0 Å². The maximum atomic E-state index is 12.2. The van der Waals surface area contributed by atoms with Gasteiger partial charge in [0.2, 0.25) is 5.91 Å². The van der Waals surface area contributed by atoms with Crippen molar-refractivity contribution >= 4 is 41.8 Å². The number of halogens is 2. The number of aromatic nitrogens is 2. The summed E-state index contributed by atoms with van der Waals surface area (Å²) in [5.41, 5.74) is 2.07. The first-order valence-corrected chi connectivity index (χ1v) is 7.12. The molecule has 2 heterocycles. The number of carbonyl (C=O) groups excluding carboxylic acids is 1. The third-order valence-corrected chi connectivity index (χ3v) is 4.07. The Balaban J connectivity index is 0.00000121. The van der Waals surface area contributed by atoms with E-state index in [1.165, 1.54) is 0 Å². The minimum atomic E-state index is 0. The van der Waals surface area contributed by atoms with E-state index in [0.717, 1.165) is 30.5 Å². The standard InChI is InChI=1S/C15H20N4O.2ClH/c1-18(12-6-8-16-10-12)15(20)7-9-19-11-17-13-4-2-3-5-14(13)19;;/h2-5,11-12,16H,6-10H2,1H3;2*1H. The van der Waals surface area contributed by atoms with Gasteiger partial charge < -0.3 is 14.8 Å². The molecular formula is C15H22Cl2N4O. The average Bonchev–Trinajstić information content (AvgIpc) is 3.13. The Morgan fingerprint density at radius 3 is 2.91 bits per heavy atom. The van der Waals surface area contributed by atoms with Crippen LogP contribution in [0.2, 0.25) is 0 Å². The zero-order valence-corrected chi connectivity index (χ0v) is 14.2. The van der Waals surface area contributed by atoms with Gasteiger partial charge in [0.05, 0.1) is 17.4 Å². The van der Waals surface area contributed by atoms with E-state index in [1.54, 1.807) is 0 Å². The fraction of sp³-hybridized carbons (Fsp3) is 0.467. The lowest BCUT2D eigenvalue weighted by Gasteiger charge is -2.23. The van der Waals surface area contributed by atoms with Crippen molar-refractivity contribution < 1.29 is 4.79 Å². The molecule has 1 aromatic heterocycles. The molecule has 2 aromatic rings. The maximum Gasteiger partial charge on any atom is 0.224 e. The highest BCUT2D eigenvalue weighted by Crippen LogP contribution is 2.13. The summed E-state index contributed by atoms with van der Waals surface area (Å²) in [6, 6.07) is 8.35. The molecule has 1 aliphatic rings. The average molecular weight is 345 g/mol. The summed E-state index contributed by atoms with van der Waals surface area (Å²) < 4.78 is 2.05. The SMILES string of the molecule is CN(C(=O)CCn1cnc2ccccc21)C1CCNC1.Cl.Cl. The topological polar surface area (TPSA) is 50.2 Å². The number of nitrogens with one attached hydrogen (secondary N) is 1. The predicted molar refractivity (Wildman–Crippen MR) is 92.9 cm³/mol. The molecule has 0 aliphatic carbocycles. The number of hydrogen-bond donors (Lipinski definition) is 1. The number of carbonyl (C=O) groups is 1. The lowest BCUT2D eigenvalue weighted by atomic mass is 10.2. The molecule has 0 spiro atoms. The third-order valence-electron chi connectivity index (χ3n) is 4.07. The van der Waals surface area contributed by atoms with Crippen LogP contribution in [0.4, 0.5) is 0 Å². The summed E-state index contributed by atoms with van der Waals surface area (Å²) in [5, 5.41) is 3.29. The van der Waals surface area contributed by atoms with Crippen molar-refractivity contribution in [2.45, 2.75) is 25.4 Å². The highest BCUT2D eigenvalue weighted by Gasteiger charge is 2.22. The minimum Gasteiger partial charge on any atom is -0.341 e. The first-order valence-electron chi connectivity index (χ1n) is 7.12. The maximum absolute atomic E-state index is 12.2. The third kappa shape index (κ3) is 3.91. The van der Waals surface area contributed by atoms with Gasteiger partial charge in [-0.3, -0.25) is 4.79 Å². The highest BCUT2D eigenvalue weighted by molar-refractivity contribution is 5.85. The monoisotopic (exact) mass is 344 g/mol. The second-order valence-electron chi connectivity index (χ2n) is 5.33. The zero-order valence-electron chi connectivity index (χ0n) is 12.6. The van der Waals surface area contributed by atoms with E-state index in [2.05, 4.69) is 10.3 Å². The highest BCUT2D eigenvalue weighted by atomic mass is 35.5. The van der Waals surface area contributed by atoms with Crippen LogP contribution in [-0.4, -0.2) is 46.5 Å². The van der Waals surface area contributed by atoms with Gasteiger partial charge in [0.15, 0.2) is 0 Å². The Bertz CT molecular complexity index is 610.